The van der Waals surface area contributed by atoms with E-state index in [1.165, 1.54) is 10.7 Å². The smallest absolute Gasteiger partial charge is 0.360 e. The van der Waals surface area contributed by atoms with Crippen LogP contribution in [-0.2, 0) is 11.3 Å². The summed E-state index contributed by atoms with van der Waals surface area (Å²) in [5.41, 5.74) is 0.624. The average molecular weight is 293 g/mol. The van der Waals surface area contributed by atoms with Crippen LogP contribution in [0, 0.1) is 29.9 Å². The van der Waals surface area contributed by atoms with Gasteiger partial charge in [-0.2, -0.15) is 4.68 Å². The maximum Gasteiger partial charge on any atom is 0.390 e. The molecular formula is C12H15N5O4. The van der Waals surface area contributed by atoms with Gasteiger partial charge in [0.05, 0.1) is 29.3 Å². The monoisotopic (exact) mass is 293 g/mol. The number of nitrogens with one attached hydrogen (secondary N) is 1. The molecule has 0 aliphatic carbocycles. The molecule has 21 heavy (non-hydrogen) atoms. The summed E-state index contributed by atoms with van der Waals surface area (Å²) in [6.07, 6.45) is 0. The second kappa shape index (κ2) is 5.73. The van der Waals surface area contributed by atoms with Gasteiger partial charge in [-0.3, -0.25) is 4.79 Å². The molecule has 0 aliphatic rings. The van der Waals surface area contributed by atoms with Gasteiger partial charge in [-0.15, -0.1) is 0 Å². The molecule has 2 aromatic rings. The van der Waals surface area contributed by atoms with Crippen LogP contribution in [0.25, 0.3) is 0 Å². The number of anilines is 1. The highest BCUT2D eigenvalue weighted by Crippen LogP contribution is 2.14. The van der Waals surface area contributed by atoms with Gasteiger partial charge in [0.25, 0.3) is 0 Å². The number of nitro groups is 1. The lowest BCUT2D eigenvalue weighted by Crippen LogP contribution is -2.25. The van der Waals surface area contributed by atoms with E-state index in [1.54, 1.807) is 26.8 Å². The van der Waals surface area contributed by atoms with E-state index in [0.717, 1.165) is 0 Å². The molecule has 0 aliphatic heterocycles. The predicted octanol–water partition coefficient (Wildman–Crippen LogP) is 1.67. The molecule has 0 aromatic carbocycles. The Labute approximate surface area is 120 Å². The van der Waals surface area contributed by atoms with Crippen LogP contribution in [-0.4, -0.2) is 25.8 Å². The number of hydrogen-bond acceptors (Lipinski definition) is 6. The van der Waals surface area contributed by atoms with Crippen molar-refractivity contribution in [3.05, 3.63) is 33.7 Å². The summed E-state index contributed by atoms with van der Waals surface area (Å²) in [5.74, 6) is 0.0114. The largest absolute Gasteiger partial charge is 0.390 e. The Morgan fingerprint density at radius 1 is 1.52 bits per heavy atom. The summed E-state index contributed by atoms with van der Waals surface area (Å²) in [4.78, 5) is 22.1. The standard InChI is InChI=1S/C12H15N5O4/c1-7(12(18)13-10-5-9(3)21-15-10)6-16-8(2)4-11(14-16)17(19)20/h4-5,7H,6H2,1-3H3,(H,13,15,18). The maximum absolute atomic E-state index is 12.0. The number of hydrogen-bond donors (Lipinski definition) is 1. The Hall–Kier alpha value is -2.71. The third-order valence-electron chi connectivity index (χ3n) is 2.93. The molecule has 0 bridgehead atoms. The van der Waals surface area contributed by atoms with Crippen LogP contribution in [0.5, 0.6) is 0 Å². The molecule has 2 aromatic heterocycles. The lowest BCUT2D eigenvalue weighted by atomic mass is 10.1. The number of nitrogens with zero attached hydrogens (tertiary/aromatic N) is 4. The van der Waals surface area contributed by atoms with Gasteiger partial charge in [0.15, 0.2) is 5.82 Å². The summed E-state index contributed by atoms with van der Waals surface area (Å²) < 4.78 is 6.30. The molecule has 1 atom stereocenters. The second-order valence-corrected chi connectivity index (χ2v) is 4.80. The zero-order valence-electron chi connectivity index (χ0n) is 11.9. The van der Waals surface area contributed by atoms with Crippen molar-refractivity contribution in [2.24, 2.45) is 5.92 Å². The van der Waals surface area contributed by atoms with Crippen molar-refractivity contribution in [1.29, 1.82) is 0 Å². The van der Waals surface area contributed by atoms with Gasteiger partial charge >= 0.3 is 5.82 Å². The van der Waals surface area contributed by atoms with Crippen LogP contribution in [0.4, 0.5) is 11.6 Å². The van der Waals surface area contributed by atoms with Gasteiger partial charge in [-0.25, -0.2) is 0 Å². The third-order valence-corrected chi connectivity index (χ3v) is 2.93. The Balaban J connectivity index is 2.02. The van der Waals surface area contributed by atoms with Crippen molar-refractivity contribution in [3.8, 4) is 0 Å². The molecule has 0 saturated heterocycles. The highest BCUT2D eigenvalue weighted by molar-refractivity contribution is 5.91. The van der Waals surface area contributed by atoms with E-state index in [-0.39, 0.29) is 18.3 Å². The van der Waals surface area contributed by atoms with Crippen LogP contribution >= 0.6 is 0 Å². The number of carbonyl (C=O) groups is 1. The fraction of sp³-hybridized carbons (Fsp3) is 0.417. The van der Waals surface area contributed by atoms with Crippen molar-refractivity contribution < 1.29 is 14.2 Å². The highest BCUT2D eigenvalue weighted by Gasteiger charge is 2.21. The first kappa shape index (κ1) is 14.7. The molecule has 9 nitrogen and oxygen atoms in total. The number of carbonyl (C=O) groups excluding carboxylic acids is 1. The normalized spacial score (nSPS) is 12.1. The van der Waals surface area contributed by atoms with E-state index in [0.29, 0.717) is 17.3 Å². The lowest BCUT2D eigenvalue weighted by molar-refractivity contribution is -0.389. The summed E-state index contributed by atoms with van der Waals surface area (Å²) in [6.45, 7) is 5.36. The fourth-order valence-corrected chi connectivity index (χ4v) is 1.78. The predicted molar refractivity (Wildman–Crippen MR) is 72.7 cm³/mol. The molecule has 1 N–H and O–H groups in total. The number of amides is 1. The Bertz CT molecular complexity index is 675. The van der Waals surface area contributed by atoms with E-state index >= 15 is 0 Å². The molecule has 0 radical (unpaired) electrons. The Kier molecular flexibility index (Phi) is 4.01. The minimum Gasteiger partial charge on any atom is -0.360 e. The number of aromatic nitrogens is 3. The average Bonchev–Trinajstić information content (AvgIpc) is 2.96. The van der Waals surface area contributed by atoms with E-state index in [2.05, 4.69) is 15.6 Å². The van der Waals surface area contributed by atoms with Crippen molar-refractivity contribution in [2.45, 2.75) is 27.3 Å². The Morgan fingerprint density at radius 3 is 2.76 bits per heavy atom. The minimum atomic E-state index is -0.563. The molecule has 1 unspecified atom stereocenters. The highest BCUT2D eigenvalue weighted by atomic mass is 16.6. The zero-order valence-corrected chi connectivity index (χ0v) is 11.9. The fourth-order valence-electron chi connectivity index (χ4n) is 1.78. The van der Waals surface area contributed by atoms with Gasteiger partial charge in [-0.05, 0) is 18.8 Å². The van der Waals surface area contributed by atoms with Crippen molar-refractivity contribution in [3.63, 3.8) is 0 Å². The molecule has 0 fully saturated rings. The SMILES string of the molecule is Cc1cc(NC(=O)C(C)Cn2nc([N+](=O)[O-])cc2C)no1. The molecular weight excluding hydrogens is 278 g/mol. The van der Waals surface area contributed by atoms with Gasteiger partial charge in [0.2, 0.25) is 5.91 Å². The summed E-state index contributed by atoms with van der Waals surface area (Å²) in [5, 5.41) is 20.8. The van der Waals surface area contributed by atoms with Gasteiger partial charge in [-0.1, -0.05) is 12.1 Å². The van der Waals surface area contributed by atoms with E-state index in [1.807, 2.05) is 0 Å². The van der Waals surface area contributed by atoms with Crippen molar-refractivity contribution in [2.75, 3.05) is 5.32 Å². The number of aryl methyl sites for hydroxylation is 2. The van der Waals surface area contributed by atoms with Crippen LogP contribution in [0.1, 0.15) is 18.4 Å². The summed E-state index contributed by atoms with van der Waals surface area (Å²) in [7, 11) is 0. The van der Waals surface area contributed by atoms with E-state index in [4.69, 9.17) is 4.52 Å². The zero-order chi connectivity index (χ0) is 15.6. The number of rotatable bonds is 5. The molecule has 0 saturated carbocycles. The van der Waals surface area contributed by atoms with Crippen LogP contribution in [0.2, 0.25) is 0 Å². The molecule has 2 rings (SSSR count). The van der Waals surface area contributed by atoms with Crippen LogP contribution in [0.3, 0.4) is 0 Å². The van der Waals surface area contributed by atoms with Crippen molar-refractivity contribution >= 4 is 17.5 Å². The maximum atomic E-state index is 12.0. The molecule has 112 valence electrons. The topological polar surface area (TPSA) is 116 Å². The first-order valence-electron chi connectivity index (χ1n) is 6.30. The molecule has 9 heteroatoms. The molecule has 2 heterocycles. The van der Waals surface area contributed by atoms with E-state index < -0.39 is 10.8 Å². The minimum absolute atomic E-state index is 0.229. The lowest BCUT2D eigenvalue weighted by Gasteiger charge is -2.09. The van der Waals surface area contributed by atoms with Gasteiger partial charge < -0.3 is 20.0 Å². The van der Waals surface area contributed by atoms with Gasteiger partial charge in [0.1, 0.15) is 5.76 Å². The third kappa shape index (κ3) is 3.44. The summed E-state index contributed by atoms with van der Waals surface area (Å²) in [6, 6.07) is 2.97. The van der Waals surface area contributed by atoms with Gasteiger partial charge in [0, 0.05) is 6.07 Å². The first-order chi connectivity index (χ1) is 9.86. The van der Waals surface area contributed by atoms with Crippen molar-refractivity contribution in [1.82, 2.24) is 14.9 Å². The first-order valence-corrected chi connectivity index (χ1v) is 6.30. The quantitative estimate of drug-likeness (QED) is 0.662. The van der Waals surface area contributed by atoms with Crippen LogP contribution < -0.4 is 5.32 Å². The Morgan fingerprint density at radius 2 is 2.24 bits per heavy atom. The molecule has 1 amide bonds. The second-order valence-electron chi connectivity index (χ2n) is 4.80. The van der Waals surface area contributed by atoms with Crippen LogP contribution in [0.15, 0.2) is 16.7 Å². The summed E-state index contributed by atoms with van der Waals surface area (Å²) >= 11 is 0. The van der Waals surface area contributed by atoms with E-state index in [9.17, 15) is 14.9 Å². The molecule has 0 spiro atoms.